The summed E-state index contributed by atoms with van der Waals surface area (Å²) in [7, 11) is 1.33. The van der Waals surface area contributed by atoms with E-state index in [1.807, 2.05) is 0 Å². The Morgan fingerprint density at radius 1 is 1.25 bits per heavy atom. The van der Waals surface area contributed by atoms with Crippen LogP contribution in [0.5, 0.6) is 5.75 Å². The molecule has 2 rings (SSSR count). The van der Waals surface area contributed by atoms with Crippen molar-refractivity contribution in [2.24, 2.45) is 0 Å². The number of carbonyl (C=O) groups excluding carboxylic acids is 1. The standard InChI is InChI=1S/C16H12Cl2N2O4/c1-24-15-6-5-12(9-14(15)20(22)23)19-16(21)7-3-10-2-4-11(17)8-13(10)18/h2-9H,1H3,(H,19,21)/b7-3+. The number of nitrogens with zero attached hydrogens (tertiary/aromatic N) is 1. The third-order valence-electron chi connectivity index (χ3n) is 3.02. The van der Waals surface area contributed by atoms with E-state index in [9.17, 15) is 14.9 Å². The summed E-state index contributed by atoms with van der Waals surface area (Å²) in [6.45, 7) is 0. The number of ether oxygens (including phenoxy) is 1. The average Bonchev–Trinajstić information content (AvgIpc) is 2.54. The second kappa shape index (κ2) is 7.81. The monoisotopic (exact) mass is 366 g/mol. The van der Waals surface area contributed by atoms with Crippen LogP contribution in [0.1, 0.15) is 5.56 Å². The van der Waals surface area contributed by atoms with E-state index in [4.69, 9.17) is 27.9 Å². The van der Waals surface area contributed by atoms with E-state index in [0.717, 1.165) is 0 Å². The van der Waals surface area contributed by atoms with Crippen LogP contribution in [-0.2, 0) is 4.79 Å². The van der Waals surface area contributed by atoms with Gasteiger partial charge in [0.1, 0.15) is 0 Å². The number of nitro groups is 1. The Kier molecular flexibility index (Phi) is 5.78. The largest absolute Gasteiger partial charge is 0.490 e. The number of methoxy groups -OCH3 is 1. The molecule has 2 aromatic rings. The van der Waals surface area contributed by atoms with Crippen molar-refractivity contribution in [3.8, 4) is 5.75 Å². The van der Waals surface area contributed by atoms with Gasteiger partial charge in [0.15, 0.2) is 5.75 Å². The normalized spacial score (nSPS) is 10.6. The first-order chi connectivity index (χ1) is 11.4. The Labute approximate surface area is 147 Å². The number of rotatable bonds is 5. The molecule has 0 heterocycles. The number of nitro benzene ring substituents is 1. The summed E-state index contributed by atoms with van der Waals surface area (Å²) in [6, 6.07) is 9.03. The van der Waals surface area contributed by atoms with Crippen molar-refractivity contribution in [3.05, 3.63) is 68.2 Å². The summed E-state index contributed by atoms with van der Waals surface area (Å²) < 4.78 is 4.90. The van der Waals surface area contributed by atoms with Crippen molar-refractivity contribution in [1.82, 2.24) is 0 Å². The Morgan fingerprint density at radius 3 is 2.62 bits per heavy atom. The Bertz CT molecular complexity index is 822. The van der Waals surface area contributed by atoms with Crippen molar-refractivity contribution in [2.45, 2.75) is 0 Å². The highest BCUT2D eigenvalue weighted by molar-refractivity contribution is 6.35. The highest BCUT2D eigenvalue weighted by atomic mass is 35.5. The molecule has 8 heteroatoms. The zero-order valence-corrected chi connectivity index (χ0v) is 14.0. The van der Waals surface area contributed by atoms with Crippen molar-refractivity contribution in [3.63, 3.8) is 0 Å². The minimum absolute atomic E-state index is 0.112. The third kappa shape index (κ3) is 4.47. The van der Waals surface area contributed by atoms with Gasteiger partial charge in [-0.15, -0.1) is 0 Å². The first kappa shape index (κ1) is 17.8. The maximum Gasteiger partial charge on any atom is 0.312 e. The summed E-state index contributed by atoms with van der Waals surface area (Å²) in [5.41, 5.74) is 0.663. The molecule has 0 unspecified atom stereocenters. The molecule has 0 saturated carbocycles. The molecule has 0 atom stereocenters. The van der Waals surface area contributed by atoms with Crippen LogP contribution < -0.4 is 10.1 Å². The van der Waals surface area contributed by atoms with Crippen LogP contribution in [0.25, 0.3) is 6.08 Å². The van der Waals surface area contributed by atoms with Gasteiger partial charge in [-0.25, -0.2) is 0 Å². The smallest absolute Gasteiger partial charge is 0.312 e. The van der Waals surface area contributed by atoms with Crippen LogP contribution in [0.3, 0.4) is 0 Å². The molecule has 0 saturated heterocycles. The fraction of sp³-hybridized carbons (Fsp3) is 0.0625. The van der Waals surface area contributed by atoms with Crippen molar-refractivity contribution in [1.29, 1.82) is 0 Å². The predicted octanol–water partition coefficient (Wildman–Crippen LogP) is 4.56. The van der Waals surface area contributed by atoms with Gasteiger partial charge in [-0.1, -0.05) is 29.3 Å². The lowest BCUT2D eigenvalue weighted by Gasteiger charge is -2.05. The summed E-state index contributed by atoms with van der Waals surface area (Å²) in [5.74, 6) is -0.345. The molecular formula is C16H12Cl2N2O4. The van der Waals surface area contributed by atoms with E-state index in [0.29, 0.717) is 15.6 Å². The van der Waals surface area contributed by atoms with Crippen LogP contribution in [0.2, 0.25) is 10.0 Å². The molecule has 0 aliphatic heterocycles. The lowest BCUT2D eigenvalue weighted by molar-refractivity contribution is -0.385. The van der Waals surface area contributed by atoms with Gasteiger partial charge in [0.25, 0.3) is 0 Å². The quantitative estimate of drug-likeness (QED) is 0.477. The predicted molar refractivity (Wildman–Crippen MR) is 93.8 cm³/mol. The van der Waals surface area contributed by atoms with Gasteiger partial charge < -0.3 is 10.1 Å². The lowest BCUT2D eigenvalue weighted by atomic mass is 10.2. The highest BCUT2D eigenvalue weighted by Crippen LogP contribution is 2.29. The molecule has 0 bridgehead atoms. The maximum absolute atomic E-state index is 11.9. The number of nitrogens with one attached hydrogen (secondary N) is 1. The van der Waals surface area contributed by atoms with Crippen molar-refractivity contribution < 1.29 is 14.5 Å². The Morgan fingerprint density at radius 2 is 2.00 bits per heavy atom. The van der Waals surface area contributed by atoms with E-state index in [2.05, 4.69) is 5.32 Å². The van der Waals surface area contributed by atoms with Crippen LogP contribution >= 0.6 is 23.2 Å². The fourth-order valence-corrected chi connectivity index (χ4v) is 2.37. The molecule has 24 heavy (non-hydrogen) atoms. The summed E-state index contributed by atoms with van der Waals surface area (Å²) in [6.07, 6.45) is 2.79. The minimum Gasteiger partial charge on any atom is -0.490 e. The average molecular weight is 367 g/mol. The first-order valence-corrected chi connectivity index (χ1v) is 7.43. The van der Waals surface area contributed by atoms with Crippen LogP contribution in [0.4, 0.5) is 11.4 Å². The Balaban J connectivity index is 2.13. The topological polar surface area (TPSA) is 81.5 Å². The number of anilines is 1. The van der Waals surface area contributed by atoms with Gasteiger partial charge in [-0.2, -0.15) is 0 Å². The van der Waals surface area contributed by atoms with E-state index >= 15 is 0 Å². The molecule has 0 radical (unpaired) electrons. The van der Waals surface area contributed by atoms with Crippen LogP contribution in [-0.4, -0.2) is 17.9 Å². The lowest BCUT2D eigenvalue weighted by Crippen LogP contribution is -2.08. The first-order valence-electron chi connectivity index (χ1n) is 6.67. The van der Waals surface area contributed by atoms with Gasteiger partial charge in [-0.05, 0) is 35.9 Å². The van der Waals surface area contributed by atoms with E-state index in [-0.39, 0.29) is 17.1 Å². The molecule has 6 nitrogen and oxygen atoms in total. The number of benzene rings is 2. The molecule has 0 aliphatic rings. The third-order valence-corrected chi connectivity index (χ3v) is 3.58. The molecule has 1 amide bonds. The second-order valence-corrected chi connectivity index (χ2v) is 5.48. The summed E-state index contributed by atoms with van der Waals surface area (Å²) >= 11 is 11.8. The minimum atomic E-state index is -0.586. The number of hydrogen-bond acceptors (Lipinski definition) is 4. The van der Waals surface area contributed by atoms with Gasteiger partial charge >= 0.3 is 5.69 Å². The molecular weight excluding hydrogens is 355 g/mol. The molecule has 0 fully saturated rings. The second-order valence-electron chi connectivity index (χ2n) is 4.63. The molecule has 0 spiro atoms. The van der Waals surface area contributed by atoms with Crippen molar-refractivity contribution in [2.75, 3.05) is 12.4 Å². The zero-order chi connectivity index (χ0) is 17.7. The summed E-state index contributed by atoms with van der Waals surface area (Å²) in [4.78, 5) is 22.3. The van der Waals surface area contributed by atoms with E-state index < -0.39 is 10.8 Å². The van der Waals surface area contributed by atoms with Crippen LogP contribution in [0, 0.1) is 10.1 Å². The Hall–Kier alpha value is -2.57. The van der Waals surface area contributed by atoms with Crippen LogP contribution in [0.15, 0.2) is 42.5 Å². The van der Waals surface area contributed by atoms with Gasteiger partial charge in [0, 0.05) is 27.9 Å². The number of carbonyl (C=O) groups is 1. The molecule has 0 aliphatic carbocycles. The number of amides is 1. The fourth-order valence-electron chi connectivity index (χ4n) is 1.90. The highest BCUT2D eigenvalue weighted by Gasteiger charge is 2.15. The zero-order valence-electron chi connectivity index (χ0n) is 12.5. The molecule has 124 valence electrons. The maximum atomic E-state index is 11.9. The SMILES string of the molecule is COc1ccc(NC(=O)/C=C/c2ccc(Cl)cc2Cl)cc1[N+](=O)[O-]. The van der Waals surface area contributed by atoms with Gasteiger partial charge in [-0.3, -0.25) is 14.9 Å². The number of hydrogen-bond donors (Lipinski definition) is 1. The van der Waals surface area contributed by atoms with Crippen molar-refractivity contribution >= 4 is 46.6 Å². The van der Waals surface area contributed by atoms with E-state index in [1.54, 1.807) is 18.2 Å². The number of halogens is 2. The van der Waals surface area contributed by atoms with Gasteiger partial charge in [0.05, 0.1) is 12.0 Å². The van der Waals surface area contributed by atoms with Gasteiger partial charge in [0.2, 0.25) is 5.91 Å². The van der Waals surface area contributed by atoms with E-state index in [1.165, 1.54) is 37.5 Å². The summed E-state index contributed by atoms with van der Waals surface area (Å²) in [5, 5.41) is 14.4. The molecule has 1 N–H and O–H groups in total. The molecule has 2 aromatic carbocycles. The molecule has 0 aromatic heterocycles.